The number of aromatic nitrogens is 3. The third kappa shape index (κ3) is 3.05. The number of hydrogen-bond acceptors (Lipinski definition) is 5. The Bertz CT molecular complexity index is 615. The van der Waals surface area contributed by atoms with Gasteiger partial charge in [0.25, 0.3) is 5.91 Å². The molecule has 0 aliphatic carbocycles. The van der Waals surface area contributed by atoms with Crippen molar-refractivity contribution in [2.75, 3.05) is 5.32 Å². The maximum atomic E-state index is 11.9. The molecule has 0 radical (unpaired) electrons. The second-order valence-corrected chi connectivity index (χ2v) is 5.42. The van der Waals surface area contributed by atoms with E-state index in [1.807, 2.05) is 13.8 Å². The van der Waals surface area contributed by atoms with E-state index < -0.39 is 0 Å². The Morgan fingerprint density at radius 1 is 1.37 bits per heavy atom. The lowest BCUT2D eigenvalue weighted by molar-refractivity contribution is 0.101. The van der Waals surface area contributed by atoms with Crippen LogP contribution in [0, 0.1) is 0 Å². The number of aromatic amines is 1. The molecule has 2 N–H and O–H groups in total. The summed E-state index contributed by atoms with van der Waals surface area (Å²) in [6.45, 7) is 5.47. The molecule has 6 nitrogen and oxygen atoms in total. The van der Waals surface area contributed by atoms with Gasteiger partial charge < -0.3 is 4.98 Å². The average Bonchev–Trinajstić information content (AvgIpc) is 2.96. The first-order valence-electron chi connectivity index (χ1n) is 5.81. The largest absolute Gasteiger partial charge is 0.356 e. The predicted octanol–water partition coefficient (Wildman–Crippen LogP) is 2.44. The molecule has 100 valence electrons. The molecule has 1 amide bonds. The minimum absolute atomic E-state index is 0.0895. The van der Waals surface area contributed by atoms with Gasteiger partial charge >= 0.3 is 0 Å². The molecule has 0 saturated carbocycles. The molecule has 19 heavy (non-hydrogen) atoms. The molecule has 7 heteroatoms. The lowest BCUT2D eigenvalue weighted by Gasteiger charge is -1.97. The molecule has 0 aliphatic rings. The van der Waals surface area contributed by atoms with Crippen LogP contribution in [0.25, 0.3) is 0 Å². The van der Waals surface area contributed by atoms with Crippen LogP contribution in [0.2, 0.25) is 0 Å². The first-order chi connectivity index (χ1) is 8.97. The molecule has 0 atom stereocenters. The highest BCUT2D eigenvalue weighted by Gasteiger charge is 2.14. The van der Waals surface area contributed by atoms with E-state index in [4.69, 9.17) is 0 Å². The summed E-state index contributed by atoms with van der Waals surface area (Å²) in [5.74, 6) is -0.148. The van der Waals surface area contributed by atoms with Gasteiger partial charge in [-0.3, -0.25) is 14.9 Å². The normalized spacial score (nSPS) is 10.7. The van der Waals surface area contributed by atoms with E-state index in [-0.39, 0.29) is 17.6 Å². The summed E-state index contributed by atoms with van der Waals surface area (Å²) >= 11 is 1.34. The quantitative estimate of drug-likeness (QED) is 0.841. The summed E-state index contributed by atoms with van der Waals surface area (Å²) in [6, 6.07) is 1.52. The van der Waals surface area contributed by atoms with Crippen molar-refractivity contribution in [3.8, 4) is 0 Å². The Balaban J connectivity index is 2.09. The Kier molecular flexibility index (Phi) is 3.75. The van der Waals surface area contributed by atoms with Gasteiger partial charge in [-0.25, -0.2) is 0 Å². The van der Waals surface area contributed by atoms with Crippen LogP contribution in [-0.4, -0.2) is 26.9 Å². The summed E-state index contributed by atoms with van der Waals surface area (Å²) < 4.78 is 0. The molecule has 0 aromatic carbocycles. The van der Waals surface area contributed by atoms with Gasteiger partial charge in [0.15, 0.2) is 5.78 Å². The zero-order chi connectivity index (χ0) is 14.0. The van der Waals surface area contributed by atoms with Gasteiger partial charge in [-0.1, -0.05) is 25.2 Å². The Morgan fingerprint density at radius 2 is 2.11 bits per heavy atom. The monoisotopic (exact) mass is 278 g/mol. The highest BCUT2D eigenvalue weighted by atomic mass is 32.1. The van der Waals surface area contributed by atoms with Crippen molar-refractivity contribution >= 4 is 28.2 Å². The fourth-order valence-electron chi connectivity index (χ4n) is 1.41. The predicted molar refractivity (Wildman–Crippen MR) is 72.7 cm³/mol. The van der Waals surface area contributed by atoms with Crippen molar-refractivity contribution in [2.24, 2.45) is 0 Å². The molecule has 0 bridgehead atoms. The Labute approximate surface area is 114 Å². The molecule has 2 heterocycles. The van der Waals surface area contributed by atoms with Crippen LogP contribution in [0.1, 0.15) is 52.5 Å². The maximum absolute atomic E-state index is 11.9. The van der Waals surface area contributed by atoms with E-state index in [0.29, 0.717) is 16.4 Å². The van der Waals surface area contributed by atoms with Crippen molar-refractivity contribution in [3.63, 3.8) is 0 Å². The average molecular weight is 278 g/mol. The molecule has 2 aromatic heterocycles. The number of rotatable bonds is 4. The number of hydrogen-bond donors (Lipinski definition) is 2. The highest BCUT2D eigenvalue weighted by Crippen LogP contribution is 2.22. The summed E-state index contributed by atoms with van der Waals surface area (Å²) in [5.41, 5.74) is 0.803. The lowest BCUT2D eigenvalue weighted by atomic mass is 10.2. The number of ketones is 1. The number of anilines is 1. The molecule has 0 aliphatic heterocycles. The fourth-order valence-corrected chi connectivity index (χ4v) is 2.15. The summed E-state index contributed by atoms with van der Waals surface area (Å²) in [4.78, 5) is 25.8. The molecule has 0 unspecified atom stereocenters. The number of amides is 1. The van der Waals surface area contributed by atoms with Crippen molar-refractivity contribution in [1.82, 2.24) is 15.2 Å². The third-order valence-corrected chi connectivity index (χ3v) is 3.63. The van der Waals surface area contributed by atoms with Crippen LogP contribution < -0.4 is 5.32 Å². The fraction of sp³-hybridized carbons (Fsp3) is 0.333. The molecule has 0 saturated heterocycles. The second-order valence-electron chi connectivity index (χ2n) is 4.41. The summed E-state index contributed by atoms with van der Waals surface area (Å²) in [7, 11) is 0. The van der Waals surface area contributed by atoms with E-state index in [1.54, 1.807) is 0 Å². The van der Waals surface area contributed by atoms with Crippen molar-refractivity contribution in [2.45, 2.75) is 26.7 Å². The molecular formula is C12H14N4O2S. The zero-order valence-electron chi connectivity index (χ0n) is 10.9. The van der Waals surface area contributed by atoms with E-state index in [9.17, 15) is 9.59 Å². The summed E-state index contributed by atoms with van der Waals surface area (Å²) in [5, 5.41) is 11.9. The van der Waals surface area contributed by atoms with Crippen molar-refractivity contribution in [3.05, 3.63) is 28.5 Å². The van der Waals surface area contributed by atoms with E-state index in [1.165, 1.54) is 30.5 Å². The third-order valence-electron chi connectivity index (χ3n) is 2.49. The Hall–Kier alpha value is -2.02. The maximum Gasteiger partial charge on any atom is 0.273 e. The first kappa shape index (κ1) is 13.4. The smallest absolute Gasteiger partial charge is 0.273 e. The topological polar surface area (TPSA) is 87.7 Å². The van der Waals surface area contributed by atoms with Crippen LogP contribution in [0.5, 0.6) is 0 Å². The van der Waals surface area contributed by atoms with Gasteiger partial charge in [0.1, 0.15) is 10.7 Å². The number of carbonyl (C=O) groups is 2. The number of carbonyl (C=O) groups excluding carboxylic acids is 2. The number of nitrogens with one attached hydrogen (secondary N) is 2. The van der Waals surface area contributed by atoms with E-state index in [2.05, 4.69) is 20.5 Å². The molecule has 2 aromatic rings. The SMILES string of the molecule is CC(=O)c1c[nH]c(C(=O)Nc2nnc(C(C)C)s2)c1. The number of nitrogens with zero attached hydrogens (tertiary/aromatic N) is 2. The molecule has 0 spiro atoms. The molecule has 2 rings (SSSR count). The highest BCUT2D eigenvalue weighted by molar-refractivity contribution is 7.15. The van der Waals surface area contributed by atoms with Gasteiger partial charge in [0, 0.05) is 17.7 Å². The van der Waals surface area contributed by atoms with Gasteiger partial charge in [-0.15, -0.1) is 10.2 Å². The van der Waals surface area contributed by atoms with Crippen LogP contribution in [0.15, 0.2) is 12.3 Å². The van der Waals surface area contributed by atoms with Crippen LogP contribution in [0.4, 0.5) is 5.13 Å². The zero-order valence-corrected chi connectivity index (χ0v) is 11.7. The van der Waals surface area contributed by atoms with Crippen molar-refractivity contribution in [1.29, 1.82) is 0 Å². The van der Waals surface area contributed by atoms with Gasteiger partial charge in [0.2, 0.25) is 5.13 Å². The molecule has 0 fully saturated rings. The summed E-state index contributed by atoms with van der Waals surface area (Å²) in [6.07, 6.45) is 1.51. The van der Waals surface area contributed by atoms with Gasteiger partial charge in [0.05, 0.1) is 0 Å². The van der Waals surface area contributed by atoms with E-state index >= 15 is 0 Å². The number of Topliss-reactive ketones (excluding diaryl/α,β-unsaturated/α-hetero) is 1. The molecular weight excluding hydrogens is 264 g/mol. The standard InChI is InChI=1S/C12H14N4O2S/c1-6(2)11-15-16-12(19-11)14-10(18)9-4-8(5-13-9)7(3)17/h4-6,13H,1-3H3,(H,14,16,18). The minimum atomic E-state index is -0.334. The van der Waals surface area contributed by atoms with E-state index in [0.717, 1.165) is 5.01 Å². The van der Waals surface area contributed by atoms with Crippen molar-refractivity contribution < 1.29 is 9.59 Å². The minimum Gasteiger partial charge on any atom is -0.356 e. The van der Waals surface area contributed by atoms with Gasteiger partial charge in [-0.2, -0.15) is 0 Å². The van der Waals surface area contributed by atoms with Crippen LogP contribution >= 0.6 is 11.3 Å². The first-order valence-corrected chi connectivity index (χ1v) is 6.63. The van der Waals surface area contributed by atoms with Gasteiger partial charge in [-0.05, 0) is 13.0 Å². The second kappa shape index (κ2) is 5.31. The van der Waals surface area contributed by atoms with Crippen LogP contribution in [-0.2, 0) is 0 Å². The Morgan fingerprint density at radius 3 is 2.63 bits per heavy atom. The number of H-pyrrole nitrogens is 1. The lowest BCUT2D eigenvalue weighted by Crippen LogP contribution is -2.12. The van der Waals surface area contributed by atoms with Crippen LogP contribution in [0.3, 0.4) is 0 Å².